The minimum Gasteiger partial charge on any atom is -0.491 e. The summed E-state index contributed by atoms with van der Waals surface area (Å²) in [6, 6.07) is 4.86. The molecule has 1 unspecified atom stereocenters. The van der Waals surface area contributed by atoms with Crippen LogP contribution in [-0.4, -0.2) is 22.1 Å². The molecule has 0 saturated heterocycles. The molecule has 2 aromatic rings. The number of alkyl halides is 2. The van der Waals surface area contributed by atoms with Crippen molar-refractivity contribution in [3.05, 3.63) is 41.9 Å². The van der Waals surface area contributed by atoms with Gasteiger partial charge in [-0.2, -0.15) is 0 Å². The molecule has 0 aliphatic carbocycles. The van der Waals surface area contributed by atoms with E-state index in [1.165, 1.54) is 12.3 Å². The van der Waals surface area contributed by atoms with Crippen molar-refractivity contribution in [3.8, 4) is 17.0 Å². The minimum absolute atomic E-state index is 0.232. The Kier molecular flexibility index (Phi) is 6.06. The van der Waals surface area contributed by atoms with E-state index in [1.54, 1.807) is 12.3 Å². The number of hydrogen-bond acceptors (Lipinski definition) is 4. The van der Waals surface area contributed by atoms with E-state index in [4.69, 9.17) is 10.5 Å². The average Bonchev–Trinajstić information content (AvgIpc) is 2.52. The summed E-state index contributed by atoms with van der Waals surface area (Å²) in [5.74, 6) is 1.00. The quantitative estimate of drug-likeness (QED) is 0.798. The fourth-order valence-electron chi connectivity index (χ4n) is 2.77. The Morgan fingerprint density at radius 2 is 1.96 bits per heavy atom. The van der Waals surface area contributed by atoms with Crippen molar-refractivity contribution in [1.82, 2.24) is 9.97 Å². The fourth-order valence-corrected chi connectivity index (χ4v) is 2.77. The Morgan fingerprint density at radius 1 is 1.24 bits per heavy atom. The normalized spacial score (nSPS) is 13.1. The van der Waals surface area contributed by atoms with Gasteiger partial charge in [-0.25, -0.2) is 8.78 Å². The van der Waals surface area contributed by atoms with Gasteiger partial charge in [0.1, 0.15) is 11.4 Å². The van der Waals surface area contributed by atoms with Crippen molar-refractivity contribution in [1.29, 1.82) is 0 Å². The molecular weight excluding hydrogens is 324 g/mol. The predicted octanol–water partition coefficient (Wildman–Crippen LogP) is 4.53. The lowest BCUT2D eigenvalue weighted by atomic mass is 9.93. The molecule has 1 atom stereocenters. The lowest BCUT2D eigenvalue weighted by molar-refractivity contribution is 0.146. The Hall–Kier alpha value is -2.08. The van der Waals surface area contributed by atoms with E-state index in [0.717, 1.165) is 12.0 Å². The molecule has 0 fully saturated rings. The van der Waals surface area contributed by atoms with Crippen LogP contribution in [0.5, 0.6) is 5.75 Å². The van der Waals surface area contributed by atoms with Crippen molar-refractivity contribution in [2.24, 2.45) is 11.7 Å². The summed E-state index contributed by atoms with van der Waals surface area (Å²) in [7, 11) is 0. The van der Waals surface area contributed by atoms with Crippen LogP contribution in [0.3, 0.4) is 0 Å². The summed E-state index contributed by atoms with van der Waals surface area (Å²) in [6.07, 6.45) is 1.25. The third-order valence-corrected chi connectivity index (χ3v) is 3.76. The van der Waals surface area contributed by atoms with E-state index in [2.05, 4.69) is 16.9 Å². The molecule has 25 heavy (non-hydrogen) atoms. The summed E-state index contributed by atoms with van der Waals surface area (Å²) >= 11 is 0. The van der Waals surface area contributed by atoms with Crippen LogP contribution in [0.1, 0.15) is 44.9 Å². The zero-order chi connectivity index (χ0) is 18.6. The van der Waals surface area contributed by atoms with E-state index >= 15 is 0 Å². The van der Waals surface area contributed by atoms with Crippen molar-refractivity contribution in [3.63, 3.8) is 0 Å². The monoisotopic (exact) mass is 349 g/mol. The van der Waals surface area contributed by atoms with Crippen molar-refractivity contribution >= 4 is 0 Å². The molecule has 0 aromatic carbocycles. The number of aryl methyl sites for hydroxylation is 1. The highest BCUT2D eigenvalue weighted by atomic mass is 19.3. The van der Waals surface area contributed by atoms with Crippen LogP contribution in [0.2, 0.25) is 0 Å². The van der Waals surface area contributed by atoms with Gasteiger partial charge in [0.25, 0.3) is 6.43 Å². The highest BCUT2D eigenvalue weighted by Crippen LogP contribution is 2.26. The topological polar surface area (TPSA) is 61.0 Å². The molecule has 0 saturated carbocycles. The average molecular weight is 349 g/mol. The summed E-state index contributed by atoms with van der Waals surface area (Å²) in [4.78, 5) is 8.01. The van der Waals surface area contributed by atoms with Crippen LogP contribution in [0.25, 0.3) is 11.3 Å². The van der Waals surface area contributed by atoms with Gasteiger partial charge in [-0.15, -0.1) is 0 Å². The molecule has 2 aromatic heterocycles. The summed E-state index contributed by atoms with van der Waals surface area (Å²) in [6.45, 7) is 8.54. The maximum atomic E-state index is 12.8. The molecule has 0 radical (unpaired) electrons. The third-order valence-electron chi connectivity index (χ3n) is 3.76. The van der Waals surface area contributed by atoms with Crippen LogP contribution in [0, 0.1) is 12.8 Å². The van der Waals surface area contributed by atoms with Crippen LogP contribution < -0.4 is 10.5 Å². The van der Waals surface area contributed by atoms with Crippen molar-refractivity contribution in [2.45, 2.75) is 46.1 Å². The Morgan fingerprint density at radius 3 is 2.56 bits per heavy atom. The lowest BCUT2D eigenvalue weighted by Crippen LogP contribution is -2.35. The number of nitrogens with zero attached hydrogens (tertiary/aromatic N) is 2. The third kappa shape index (κ3) is 5.74. The summed E-state index contributed by atoms with van der Waals surface area (Å²) in [5, 5.41) is 0. The SMILES string of the molecule is Cc1cc(-c2ccnc(C(F)F)c2)ncc1OCC(C)CC(C)(C)N. The zero-order valence-corrected chi connectivity index (χ0v) is 15.1. The number of nitrogens with two attached hydrogens (primary N) is 1. The van der Waals surface area contributed by atoms with Crippen LogP contribution in [0.4, 0.5) is 8.78 Å². The first kappa shape index (κ1) is 19.2. The smallest absolute Gasteiger partial charge is 0.280 e. The fraction of sp³-hybridized carbons (Fsp3) is 0.474. The minimum atomic E-state index is -2.60. The van der Waals surface area contributed by atoms with Gasteiger partial charge in [-0.3, -0.25) is 9.97 Å². The first-order valence-electron chi connectivity index (χ1n) is 8.28. The molecule has 0 aliphatic rings. The zero-order valence-electron chi connectivity index (χ0n) is 15.1. The number of aromatic nitrogens is 2. The van der Waals surface area contributed by atoms with Gasteiger partial charge >= 0.3 is 0 Å². The molecule has 0 spiro atoms. The highest BCUT2D eigenvalue weighted by Gasteiger charge is 2.17. The largest absolute Gasteiger partial charge is 0.491 e. The van der Waals surface area contributed by atoms with Gasteiger partial charge < -0.3 is 10.5 Å². The maximum absolute atomic E-state index is 12.8. The molecule has 2 heterocycles. The number of halogens is 2. The number of ether oxygens (including phenoxy) is 1. The molecule has 2 N–H and O–H groups in total. The second-order valence-electron chi connectivity index (χ2n) is 7.21. The molecule has 0 bridgehead atoms. The van der Waals surface area contributed by atoms with Gasteiger partial charge in [0.15, 0.2) is 0 Å². The van der Waals surface area contributed by atoms with E-state index in [-0.39, 0.29) is 11.2 Å². The standard InChI is InChI=1S/C19H25F2N3O/c1-12(9-19(3,4)22)11-25-17-10-24-15(7-13(17)2)14-5-6-23-16(8-14)18(20)21/h5-8,10,12,18H,9,11,22H2,1-4H3. The summed E-state index contributed by atoms with van der Waals surface area (Å²) < 4.78 is 31.4. The first-order valence-corrected chi connectivity index (χ1v) is 8.28. The molecule has 136 valence electrons. The predicted molar refractivity (Wildman–Crippen MR) is 94.7 cm³/mol. The van der Waals surface area contributed by atoms with E-state index in [9.17, 15) is 8.78 Å². The molecule has 4 nitrogen and oxygen atoms in total. The Labute approximate surface area is 147 Å². The molecule has 0 amide bonds. The van der Waals surface area contributed by atoms with Gasteiger partial charge in [0.05, 0.1) is 18.5 Å². The maximum Gasteiger partial charge on any atom is 0.280 e. The molecule has 2 rings (SSSR count). The van der Waals surface area contributed by atoms with E-state index in [0.29, 0.717) is 29.5 Å². The summed E-state index contributed by atoms with van der Waals surface area (Å²) in [5.41, 5.74) is 7.67. The van der Waals surface area contributed by atoms with Gasteiger partial charge in [0.2, 0.25) is 0 Å². The number of hydrogen-bond donors (Lipinski definition) is 1. The molecule has 6 heteroatoms. The second kappa shape index (κ2) is 7.87. The van der Waals surface area contributed by atoms with Crippen LogP contribution >= 0.6 is 0 Å². The van der Waals surface area contributed by atoms with Crippen LogP contribution in [0.15, 0.2) is 30.6 Å². The lowest BCUT2D eigenvalue weighted by Gasteiger charge is -2.23. The second-order valence-corrected chi connectivity index (χ2v) is 7.21. The molecular formula is C19H25F2N3O. The van der Waals surface area contributed by atoms with Gasteiger partial charge in [-0.1, -0.05) is 6.92 Å². The number of rotatable bonds is 7. The molecule has 0 aliphatic heterocycles. The Balaban J connectivity index is 2.09. The highest BCUT2D eigenvalue weighted by molar-refractivity contribution is 5.61. The van der Waals surface area contributed by atoms with Gasteiger partial charge in [0, 0.05) is 17.3 Å². The van der Waals surface area contributed by atoms with E-state index in [1.807, 2.05) is 26.8 Å². The van der Waals surface area contributed by atoms with Crippen molar-refractivity contribution in [2.75, 3.05) is 6.61 Å². The van der Waals surface area contributed by atoms with Gasteiger partial charge in [-0.05, 0) is 56.9 Å². The number of pyridine rings is 2. The Bertz CT molecular complexity index is 714. The van der Waals surface area contributed by atoms with Crippen LogP contribution in [-0.2, 0) is 0 Å². The first-order chi connectivity index (χ1) is 11.7. The van der Waals surface area contributed by atoms with Crippen molar-refractivity contribution < 1.29 is 13.5 Å². The van der Waals surface area contributed by atoms with E-state index < -0.39 is 6.43 Å².